The molecule has 0 atom stereocenters. The minimum Gasteiger partial charge on any atom is -0.368 e. The van der Waals surface area contributed by atoms with Gasteiger partial charge in [-0.2, -0.15) is 15.0 Å². The molecule has 0 aliphatic heterocycles. The highest BCUT2D eigenvalue weighted by atomic mass is 32.2. The van der Waals surface area contributed by atoms with Gasteiger partial charge in [-0.3, -0.25) is 0 Å². The van der Waals surface area contributed by atoms with Crippen LogP contribution in [0.15, 0.2) is 5.16 Å². The maximum atomic E-state index is 5.57. The average Bonchev–Trinajstić information content (AvgIpc) is 2.01. The van der Waals surface area contributed by atoms with Crippen LogP contribution in [0.4, 0.5) is 11.9 Å². The van der Waals surface area contributed by atoms with Crippen LogP contribution in [0.1, 0.15) is 13.8 Å². The van der Waals surface area contributed by atoms with Crippen molar-refractivity contribution in [3.05, 3.63) is 0 Å². The molecular formula is C8H15N5S. The topological polar surface area (TPSA) is 67.9 Å². The first-order chi connectivity index (χ1) is 6.49. The number of anilines is 2. The maximum Gasteiger partial charge on any atom is 0.230 e. The van der Waals surface area contributed by atoms with E-state index in [1.54, 1.807) is 11.8 Å². The summed E-state index contributed by atoms with van der Waals surface area (Å²) in [6, 6.07) is 0. The number of aromatic nitrogens is 3. The SMILES string of the molecule is CC(C)Sc1nc(N)nc(N(C)C)n1. The Morgan fingerprint density at radius 1 is 1.21 bits per heavy atom. The molecule has 0 radical (unpaired) electrons. The van der Waals surface area contributed by atoms with Gasteiger partial charge in [0, 0.05) is 19.3 Å². The number of nitrogen functional groups attached to an aromatic ring is 1. The van der Waals surface area contributed by atoms with Crippen molar-refractivity contribution in [2.75, 3.05) is 24.7 Å². The number of nitrogens with zero attached hydrogens (tertiary/aromatic N) is 4. The molecule has 0 aliphatic rings. The molecule has 1 rings (SSSR count). The van der Waals surface area contributed by atoms with Crippen LogP contribution in [0, 0.1) is 0 Å². The van der Waals surface area contributed by atoms with Crippen molar-refractivity contribution in [3.8, 4) is 0 Å². The lowest BCUT2D eigenvalue weighted by Gasteiger charge is -2.11. The summed E-state index contributed by atoms with van der Waals surface area (Å²) in [6.45, 7) is 4.17. The minimum atomic E-state index is 0.270. The van der Waals surface area contributed by atoms with Crippen LogP contribution in [0.25, 0.3) is 0 Å². The van der Waals surface area contributed by atoms with E-state index in [1.165, 1.54) is 0 Å². The van der Waals surface area contributed by atoms with Gasteiger partial charge in [-0.15, -0.1) is 0 Å². The summed E-state index contributed by atoms with van der Waals surface area (Å²) in [5, 5.41) is 1.11. The van der Waals surface area contributed by atoms with Gasteiger partial charge < -0.3 is 10.6 Å². The third kappa shape index (κ3) is 3.02. The molecule has 0 saturated heterocycles. The molecule has 0 aromatic carbocycles. The molecule has 1 aromatic rings. The second kappa shape index (κ2) is 4.45. The Bertz CT molecular complexity index is 313. The Hall–Kier alpha value is -1.04. The number of hydrogen-bond donors (Lipinski definition) is 1. The second-order valence-electron chi connectivity index (χ2n) is 3.34. The van der Waals surface area contributed by atoms with Gasteiger partial charge in [-0.05, 0) is 0 Å². The van der Waals surface area contributed by atoms with Crippen LogP contribution < -0.4 is 10.6 Å². The Kier molecular flexibility index (Phi) is 3.51. The van der Waals surface area contributed by atoms with Gasteiger partial charge >= 0.3 is 0 Å². The predicted molar refractivity (Wildman–Crippen MR) is 59.6 cm³/mol. The van der Waals surface area contributed by atoms with Crippen molar-refractivity contribution in [1.82, 2.24) is 15.0 Å². The van der Waals surface area contributed by atoms with Gasteiger partial charge in [-0.1, -0.05) is 25.6 Å². The summed E-state index contributed by atoms with van der Waals surface area (Å²) >= 11 is 1.58. The van der Waals surface area contributed by atoms with Crippen LogP contribution in [-0.4, -0.2) is 34.3 Å². The fraction of sp³-hybridized carbons (Fsp3) is 0.625. The van der Waals surface area contributed by atoms with E-state index in [1.807, 2.05) is 19.0 Å². The average molecular weight is 213 g/mol. The Morgan fingerprint density at radius 2 is 1.86 bits per heavy atom. The quantitative estimate of drug-likeness (QED) is 0.756. The third-order valence-electron chi connectivity index (χ3n) is 1.36. The highest BCUT2D eigenvalue weighted by molar-refractivity contribution is 7.99. The maximum absolute atomic E-state index is 5.57. The Balaban J connectivity index is 2.95. The van der Waals surface area contributed by atoms with E-state index in [9.17, 15) is 0 Å². The fourth-order valence-electron chi connectivity index (χ4n) is 0.825. The highest BCUT2D eigenvalue weighted by Crippen LogP contribution is 2.20. The monoisotopic (exact) mass is 213 g/mol. The van der Waals surface area contributed by atoms with Gasteiger partial charge in [-0.25, -0.2) is 0 Å². The molecule has 0 spiro atoms. The first-order valence-electron chi connectivity index (χ1n) is 4.34. The van der Waals surface area contributed by atoms with Crippen molar-refractivity contribution < 1.29 is 0 Å². The van der Waals surface area contributed by atoms with Crippen LogP contribution in [0.3, 0.4) is 0 Å². The first kappa shape index (κ1) is 11.0. The lowest BCUT2D eigenvalue weighted by atomic mass is 10.6. The van der Waals surface area contributed by atoms with Gasteiger partial charge in [0.15, 0.2) is 5.16 Å². The van der Waals surface area contributed by atoms with E-state index in [0.717, 1.165) is 0 Å². The second-order valence-corrected chi connectivity index (χ2v) is 4.88. The van der Waals surface area contributed by atoms with Gasteiger partial charge in [0.2, 0.25) is 11.9 Å². The molecule has 6 heteroatoms. The highest BCUT2D eigenvalue weighted by Gasteiger charge is 2.07. The number of hydrogen-bond acceptors (Lipinski definition) is 6. The van der Waals surface area contributed by atoms with Crippen LogP contribution in [-0.2, 0) is 0 Å². The zero-order chi connectivity index (χ0) is 10.7. The lowest BCUT2D eigenvalue weighted by Crippen LogP contribution is -2.15. The standard InChI is InChI=1S/C8H15N5S/c1-5(2)14-8-11-6(9)10-7(12-8)13(3)4/h5H,1-4H3,(H2,9,10,11,12). The summed E-state index contributed by atoms with van der Waals surface area (Å²) < 4.78 is 0. The van der Waals surface area contributed by atoms with Crippen molar-refractivity contribution in [3.63, 3.8) is 0 Å². The smallest absolute Gasteiger partial charge is 0.230 e. The van der Waals surface area contributed by atoms with Crippen LogP contribution in [0.5, 0.6) is 0 Å². The molecular weight excluding hydrogens is 198 g/mol. The molecule has 1 heterocycles. The number of nitrogens with two attached hydrogens (primary N) is 1. The molecule has 0 aliphatic carbocycles. The van der Waals surface area contributed by atoms with E-state index in [-0.39, 0.29) is 5.95 Å². The summed E-state index contributed by atoms with van der Waals surface area (Å²) in [7, 11) is 3.75. The summed E-state index contributed by atoms with van der Waals surface area (Å²) in [6.07, 6.45) is 0. The van der Waals surface area contributed by atoms with E-state index >= 15 is 0 Å². The molecule has 0 bridgehead atoms. The summed E-state index contributed by atoms with van der Waals surface area (Å²) in [5.41, 5.74) is 5.57. The lowest BCUT2D eigenvalue weighted by molar-refractivity contribution is 0.871. The summed E-state index contributed by atoms with van der Waals surface area (Å²) in [5.74, 6) is 0.868. The Labute approximate surface area is 88.1 Å². The Morgan fingerprint density at radius 3 is 2.36 bits per heavy atom. The largest absolute Gasteiger partial charge is 0.368 e. The number of rotatable bonds is 3. The zero-order valence-electron chi connectivity index (χ0n) is 8.85. The van der Waals surface area contributed by atoms with E-state index in [0.29, 0.717) is 16.4 Å². The van der Waals surface area contributed by atoms with Crippen molar-refractivity contribution >= 4 is 23.7 Å². The molecule has 0 fully saturated rings. The molecule has 0 amide bonds. The summed E-state index contributed by atoms with van der Waals surface area (Å²) in [4.78, 5) is 14.1. The first-order valence-corrected chi connectivity index (χ1v) is 5.22. The van der Waals surface area contributed by atoms with Crippen LogP contribution in [0.2, 0.25) is 0 Å². The molecule has 2 N–H and O–H groups in total. The van der Waals surface area contributed by atoms with Crippen LogP contribution >= 0.6 is 11.8 Å². The van der Waals surface area contributed by atoms with E-state index in [4.69, 9.17) is 5.73 Å². The van der Waals surface area contributed by atoms with Crippen molar-refractivity contribution in [2.45, 2.75) is 24.3 Å². The minimum absolute atomic E-state index is 0.270. The number of thioether (sulfide) groups is 1. The zero-order valence-corrected chi connectivity index (χ0v) is 9.67. The predicted octanol–water partition coefficient (Wildman–Crippen LogP) is 1.02. The van der Waals surface area contributed by atoms with Crippen molar-refractivity contribution in [2.24, 2.45) is 0 Å². The normalized spacial score (nSPS) is 10.6. The molecule has 78 valence electrons. The molecule has 5 nitrogen and oxygen atoms in total. The molecule has 1 aromatic heterocycles. The van der Waals surface area contributed by atoms with Gasteiger partial charge in [0.05, 0.1) is 0 Å². The van der Waals surface area contributed by atoms with Gasteiger partial charge in [0.25, 0.3) is 0 Å². The van der Waals surface area contributed by atoms with E-state index in [2.05, 4.69) is 28.8 Å². The fourth-order valence-corrected chi connectivity index (χ4v) is 1.53. The van der Waals surface area contributed by atoms with Gasteiger partial charge in [0.1, 0.15) is 0 Å². The molecule has 0 saturated carbocycles. The molecule has 14 heavy (non-hydrogen) atoms. The third-order valence-corrected chi connectivity index (χ3v) is 2.23. The van der Waals surface area contributed by atoms with E-state index < -0.39 is 0 Å². The molecule has 0 unspecified atom stereocenters. The van der Waals surface area contributed by atoms with Crippen molar-refractivity contribution in [1.29, 1.82) is 0 Å².